The molecule has 1 unspecified atom stereocenters. The molecule has 0 aromatic rings. The highest BCUT2D eigenvalue weighted by Crippen LogP contribution is 2.04. The number of halogens is 1. The lowest BCUT2D eigenvalue weighted by molar-refractivity contribution is -0.150. The predicted molar refractivity (Wildman–Crippen MR) is 40.3 cm³/mol. The Morgan fingerprint density at radius 2 is 2.31 bits per heavy atom. The molecule has 0 aromatic heterocycles. The minimum absolute atomic E-state index is 0.0995. The van der Waals surface area contributed by atoms with Crippen molar-refractivity contribution in [3.8, 4) is 0 Å². The van der Waals surface area contributed by atoms with Crippen molar-refractivity contribution in [1.82, 2.24) is 10.2 Å². The van der Waals surface area contributed by atoms with E-state index < -0.39 is 18.0 Å². The molecule has 1 fully saturated rings. The monoisotopic (exact) mass is 188 g/mol. The van der Waals surface area contributed by atoms with Gasteiger partial charge in [-0.3, -0.25) is 14.4 Å². The first-order valence-corrected chi connectivity index (χ1v) is 3.72. The van der Waals surface area contributed by atoms with Crippen LogP contribution in [0.4, 0.5) is 4.39 Å². The molecule has 13 heavy (non-hydrogen) atoms. The van der Waals surface area contributed by atoms with Gasteiger partial charge in [0.15, 0.2) is 0 Å². The third-order valence-corrected chi connectivity index (χ3v) is 1.62. The molecule has 1 aliphatic heterocycles. The van der Waals surface area contributed by atoms with Gasteiger partial charge in [0.1, 0.15) is 5.78 Å². The average molecular weight is 188 g/mol. The number of hydrogen-bond acceptors (Lipinski definition) is 3. The summed E-state index contributed by atoms with van der Waals surface area (Å²) in [5, 5.41) is 2.16. The van der Waals surface area contributed by atoms with E-state index >= 15 is 0 Å². The second kappa shape index (κ2) is 3.51. The fraction of sp³-hybridized carbons (Fsp3) is 0.571. The Labute approximate surface area is 73.9 Å². The molecule has 6 heteroatoms. The summed E-state index contributed by atoms with van der Waals surface area (Å²) in [6.45, 7) is 1.02. The van der Waals surface area contributed by atoms with E-state index in [-0.39, 0.29) is 19.0 Å². The molecular formula is C7H9FN2O3. The van der Waals surface area contributed by atoms with Gasteiger partial charge < -0.3 is 10.2 Å². The Morgan fingerprint density at radius 3 is 2.85 bits per heavy atom. The van der Waals surface area contributed by atoms with E-state index in [9.17, 15) is 18.8 Å². The van der Waals surface area contributed by atoms with E-state index in [1.54, 1.807) is 0 Å². The molecule has 1 heterocycles. The van der Waals surface area contributed by atoms with Crippen LogP contribution in [0.2, 0.25) is 0 Å². The first kappa shape index (κ1) is 9.63. The quantitative estimate of drug-likeness (QED) is 0.555. The minimum Gasteiger partial charge on any atom is -0.335 e. The molecule has 1 rings (SSSR count). The molecule has 0 saturated carbocycles. The van der Waals surface area contributed by atoms with Crippen LogP contribution in [0.1, 0.15) is 6.92 Å². The van der Waals surface area contributed by atoms with Crippen LogP contribution in [-0.2, 0) is 14.4 Å². The third-order valence-electron chi connectivity index (χ3n) is 1.62. The number of rotatable bonds is 2. The highest BCUT2D eigenvalue weighted by Gasteiger charge is 2.35. The van der Waals surface area contributed by atoms with Crippen LogP contribution >= 0.6 is 0 Å². The first-order chi connectivity index (χ1) is 6.02. The lowest BCUT2D eigenvalue weighted by Gasteiger charge is -2.27. The minimum atomic E-state index is -2.17. The molecule has 1 atom stereocenters. The largest absolute Gasteiger partial charge is 0.335 e. The summed E-state index contributed by atoms with van der Waals surface area (Å²) >= 11 is 0. The van der Waals surface area contributed by atoms with Crippen LogP contribution in [0.15, 0.2) is 0 Å². The van der Waals surface area contributed by atoms with Gasteiger partial charge in [-0.25, -0.2) is 4.39 Å². The predicted octanol–water partition coefficient (Wildman–Crippen LogP) is -1.17. The van der Waals surface area contributed by atoms with Crippen molar-refractivity contribution >= 4 is 17.6 Å². The standard InChI is InChI=1S/C7H9FN2O3/c1-4(11)2-10-3-9-6(12)5(8)7(10)13/h5H,2-3H2,1H3,(H,9,12). The Morgan fingerprint density at radius 1 is 1.69 bits per heavy atom. The molecule has 0 aromatic carbocycles. The summed E-state index contributed by atoms with van der Waals surface area (Å²) in [4.78, 5) is 33.2. The smallest absolute Gasteiger partial charge is 0.268 e. The van der Waals surface area contributed by atoms with Crippen LogP contribution < -0.4 is 5.32 Å². The summed E-state index contributed by atoms with van der Waals surface area (Å²) in [6.07, 6.45) is -2.17. The number of alkyl halides is 1. The molecule has 1 N–H and O–H groups in total. The van der Waals surface area contributed by atoms with Crippen molar-refractivity contribution in [2.45, 2.75) is 13.1 Å². The normalized spacial score (nSPS) is 22.9. The van der Waals surface area contributed by atoms with E-state index in [1.165, 1.54) is 6.92 Å². The van der Waals surface area contributed by atoms with Crippen LogP contribution in [0.3, 0.4) is 0 Å². The molecule has 1 aliphatic rings. The number of carbonyl (C=O) groups excluding carboxylic acids is 3. The topological polar surface area (TPSA) is 66.5 Å². The number of Topliss-reactive ketones (excluding diaryl/α,β-unsaturated/α-hetero) is 1. The van der Waals surface area contributed by atoms with Gasteiger partial charge in [-0.05, 0) is 6.92 Å². The lowest BCUT2D eigenvalue weighted by atomic mass is 10.2. The van der Waals surface area contributed by atoms with E-state index in [1.807, 2.05) is 0 Å². The van der Waals surface area contributed by atoms with Gasteiger partial charge in [0.05, 0.1) is 13.2 Å². The average Bonchev–Trinajstić information content (AvgIpc) is 2.06. The first-order valence-electron chi connectivity index (χ1n) is 3.72. The third kappa shape index (κ3) is 2.01. The number of nitrogens with zero attached hydrogens (tertiary/aromatic N) is 1. The van der Waals surface area contributed by atoms with Crippen molar-refractivity contribution in [2.75, 3.05) is 13.2 Å². The van der Waals surface area contributed by atoms with Gasteiger partial charge in [-0.2, -0.15) is 0 Å². The maximum Gasteiger partial charge on any atom is 0.268 e. The number of nitrogens with one attached hydrogen (secondary N) is 1. The fourth-order valence-electron chi connectivity index (χ4n) is 1.02. The van der Waals surface area contributed by atoms with Gasteiger partial charge in [0.25, 0.3) is 18.0 Å². The SMILES string of the molecule is CC(=O)CN1CNC(=O)C(F)C1=O. The molecule has 0 radical (unpaired) electrons. The van der Waals surface area contributed by atoms with Gasteiger partial charge in [-0.15, -0.1) is 0 Å². The van der Waals surface area contributed by atoms with Gasteiger partial charge in [0.2, 0.25) is 0 Å². The van der Waals surface area contributed by atoms with Crippen LogP contribution in [-0.4, -0.2) is 41.9 Å². The Hall–Kier alpha value is -1.46. The lowest BCUT2D eigenvalue weighted by Crippen LogP contribution is -2.56. The maximum absolute atomic E-state index is 12.8. The van der Waals surface area contributed by atoms with Gasteiger partial charge >= 0.3 is 0 Å². The summed E-state index contributed by atoms with van der Waals surface area (Å²) in [5.41, 5.74) is 0. The summed E-state index contributed by atoms with van der Waals surface area (Å²) in [7, 11) is 0. The van der Waals surface area contributed by atoms with Crippen molar-refractivity contribution in [3.63, 3.8) is 0 Å². The number of carbonyl (C=O) groups is 3. The molecule has 0 spiro atoms. The van der Waals surface area contributed by atoms with Crippen molar-refractivity contribution in [1.29, 1.82) is 0 Å². The Kier molecular flexibility index (Phi) is 2.60. The van der Waals surface area contributed by atoms with Crippen molar-refractivity contribution in [2.24, 2.45) is 0 Å². The second-order valence-corrected chi connectivity index (χ2v) is 2.80. The van der Waals surface area contributed by atoms with Crippen molar-refractivity contribution < 1.29 is 18.8 Å². The van der Waals surface area contributed by atoms with Gasteiger partial charge in [-0.1, -0.05) is 0 Å². The highest BCUT2D eigenvalue weighted by molar-refractivity contribution is 6.05. The summed E-state index contributed by atoms with van der Waals surface area (Å²) in [6, 6.07) is 0. The van der Waals surface area contributed by atoms with Crippen LogP contribution in [0.5, 0.6) is 0 Å². The number of amides is 2. The van der Waals surface area contributed by atoms with Crippen molar-refractivity contribution in [3.05, 3.63) is 0 Å². The van der Waals surface area contributed by atoms with Gasteiger partial charge in [0, 0.05) is 0 Å². The molecule has 0 bridgehead atoms. The van der Waals surface area contributed by atoms with E-state index in [0.29, 0.717) is 0 Å². The fourth-order valence-corrected chi connectivity index (χ4v) is 1.02. The molecule has 1 saturated heterocycles. The second-order valence-electron chi connectivity index (χ2n) is 2.80. The van der Waals surface area contributed by atoms with E-state index in [2.05, 4.69) is 5.32 Å². The Balaban J connectivity index is 2.64. The van der Waals surface area contributed by atoms with E-state index in [0.717, 1.165) is 4.90 Å². The molecular weight excluding hydrogens is 179 g/mol. The maximum atomic E-state index is 12.8. The molecule has 5 nitrogen and oxygen atoms in total. The zero-order valence-corrected chi connectivity index (χ0v) is 7.04. The molecule has 2 amide bonds. The zero-order chi connectivity index (χ0) is 10.0. The highest BCUT2D eigenvalue weighted by atomic mass is 19.1. The Bertz CT molecular complexity index is 266. The van der Waals surface area contributed by atoms with E-state index in [4.69, 9.17) is 0 Å². The zero-order valence-electron chi connectivity index (χ0n) is 7.04. The number of ketones is 1. The summed E-state index contributed by atoms with van der Waals surface area (Å²) in [5.74, 6) is -2.14. The van der Waals surface area contributed by atoms with Crippen LogP contribution in [0.25, 0.3) is 0 Å². The molecule has 0 aliphatic carbocycles. The summed E-state index contributed by atoms with van der Waals surface area (Å²) < 4.78 is 12.8. The molecule has 72 valence electrons. The van der Waals surface area contributed by atoms with Crippen LogP contribution in [0, 0.1) is 0 Å². The number of hydrogen-bond donors (Lipinski definition) is 1.